The van der Waals surface area contributed by atoms with Crippen molar-refractivity contribution in [2.75, 3.05) is 20.6 Å². The number of nitrogens with zero attached hydrogens (tertiary/aromatic N) is 2. The van der Waals surface area contributed by atoms with Gasteiger partial charge in [-0.2, -0.15) is 0 Å². The second-order valence-corrected chi connectivity index (χ2v) is 4.78. The highest BCUT2D eigenvalue weighted by Crippen LogP contribution is 2.24. The molecule has 1 aliphatic heterocycles. The lowest BCUT2D eigenvalue weighted by molar-refractivity contribution is 0.0579. The molecule has 0 bridgehead atoms. The Hall–Kier alpha value is -0.120. The van der Waals surface area contributed by atoms with Crippen LogP contribution < -0.4 is 0 Å². The van der Waals surface area contributed by atoms with E-state index in [4.69, 9.17) is 0 Å². The van der Waals surface area contributed by atoms with Crippen LogP contribution in [-0.2, 0) is 0 Å². The largest absolute Gasteiger partial charge is 0.392 e. The van der Waals surface area contributed by atoms with Crippen molar-refractivity contribution >= 4 is 0 Å². The zero-order valence-corrected chi connectivity index (χ0v) is 10.1. The number of rotatable bonds is 3. The first kappa shape index (κ1) is 12.0. The summed E-state index contributed by atoms with van der Waals surface area (Å²) in [7, 11) is 4.27. The highest BCUT2D eigenvalue weighted by Gasteiger charge is 2.35. The van der Waals surface area contributed by atoms with Crippen molar-refractivity contribution in [2.24, 2.45) is 0 Å². The van der Waals surface area contributed by atoms with Crippen molar-refractivity contribution < 1.29 is 5.11 Å². The molecule has 14 heavy (non-hydrogen) atoms. The van der Waals surface area contributed by atoms with Gasteiger partial charge in [0.25, 0.3) is 0 Å². The third-order valence-corrected chi connectivity index (χ3v) is 3.65. The van der Waals surface area contributed by atoms with Crippen molar-refractivity contribution in [2.45, 2.75) is 51.4 Å². The zero-order chi connectivity index (χ0) is 10.9. The van der Waals surface area contributed by atoms with E-state index < -0.39 is 0 Å². The zero-order valence-electron chi connectivity index (χ0n) is 10.1. The first-order valence-corrected chi connectivity index (χ1v) is 5.55. The van der Waals surface area contributed by atoms with Crippen molar-refractivity contribution in [1.82, 2.24) is 9.80 Å². The first-order valence-electron chi connectivity index (χ1n) is 5.55. The minimum absolute atomic E-state index is 0.238. The fraction of sp³-hybridized carbons (Fsp3) is 1.00. The molecule has 1 rings (SSSR count). The van der Waals surface area contributed by atoms with Crippen LogP contribution in [0.4, 0.5) is 0 Å². The summed E-state index contributed by atoms with van der Waals surface area (Å²) < 4.78 is 0. The van der Waals surface area contributed by atoms with Gasteiger partial charge in [-0.15, -0.1) is 0 Å². The molecule has 3 heteroatoms. The second kappa shape index (κ2) is 4.60. The van der Waals surface area contributed by atoms with Crippen molar-refractivity contribution in [3.8, 4) is 0 Å². The predicted octanol–water partition coefficient (Wildman–Crippen LogP) is 0.780. The van der Waals surface area contributed by atoms with E-state index in [0.717, 1.165) is 6.54 Å². The maximum atomic E-state index is 9.57. The Morgan fingerprint density at radius 3 is 2.29 bits per heavy atom. The Morgan fingerprint density at radius 1 is 1.36 bits per heavy atom. The van der Waals surface area contributed by atoms with Gasteiger partial charge in [0.2, 0.25) is 0 Å². The van der Waals surface area contributed by atoms with Crippen LogP contribution in [0.3, 0.4) is 0 Å². The van der Waals surface area contributed by atoms with Crippen LogP contribution >= 0.6 is 0 Å². The Balaban J connectivity index is 2.59. The average molecular weight is 200 g/mol. The maximum Gasteiger partial charge on any atom is 0.0664 e. The Bertz CT molecular complexity index is 182. The van der Waals surface area contributed by atoms with Gasteiger partial charge in [0.1, 0.15) is 0 Å². The molecule has 0 saturated carbocycles. The van der Waals surface area contributed by atoms with Crippen LogP contribution in [-0.4, -0.2) is 59.8 Å². The lowest BCUT2D eigenvalue weighted by Gasteiger charge is -2.33. The molecule has 0 radical (unpaired) electrons. The Labute approximate surface area is 87.7 Å². The summed E-state index contributed by atoms with van der Waals surface area (Å²) in [5.74, 6) is 0. The molecule has 0 aromatic rings. The van der Waals surface area contributed by atoms with E-state index >= 15 is 0 Å². The van der Waals surface area contributed by atoms with Gasteiger partial charge in [0, 0.05) is 24.7 Å². The number of hydrogen-bond acceptors (Lipinski definition) is 3. The van der Waals surface area contributed by atoms with Gasteiger partial charge >= 0.3 is 0 Å². The summed E-state index contributed by atoms with van der Waals surface area (Å²) in [6.07, 6.45) is 0.976. The monoisotopic (exact) mass is 200 g/mol. The molecule has 84 valence electrons. The fourth-order valence-electron chi connectivity index (χ4n) is 2.49. The van der Waals surface area contributed by atoms with Gasteiger partial charge in [-0.25, -0.2) is 0 Å². The van der Waals surface area contributed by atoms with E-state index in [-0.39, 0.29) is 12.1 Å². The SMILES string of the molecule is CC(O)C(C)N1CCC(N(C)C)C1C. The van der Waals surface area contributed by atoms with Crippen LogP contribution in [0, 0.1) is 0 Å². The molecular weight excluding hydrogens is 176 g/mol. The predicted molar refractivity (Wildman–Crippen MR) is 59.4 cm³/mol. The number of aliphatic hydroxyl groups is 1. The number of aliphatic hydroxyl groups excluding tert-OH is 1. The molecule has 0 aromatic carbocycles. The van der Waals surface area contributed by atoms with Gasteiger partial charge < -0.3 is 10.0 Å². The molecule has 0 aliphatic carbocycles. The molecule has 1 fully saturated rings. The lowest BCUT2D eigenvalue weighted by atomic mass is 10.1. The average Bonchev–Trinajstić information content (AvgIpc) is 2.45. The third-order valence-electron chi connectivity index (χ3n) is 3.65. The summed E-state index contributed by atoms with van der Waals surface area (Å²) >= 11 is 0. The molecule has 3 nitrogen and oxygen atoms in total. The standard InChI is InChI=1S/C11H24N2O/c1-8(10(3)14)13-7-6-11(9(13)2)12(4)5/h8-11,14H,6-7H2,1-5H3. The van der Waals surface area contributed by atoms with E-state index in [1.807, 2.05) is 6.92 Å². The van der Waals surface area contributed by atoms with Gasteiger partial charge in [0.05, 0.1) is 6.10 Å². The van der Waals surface area contributed by atoms with Crippen LogP contribution in [0.5, 0.6) is 0 Å². The molecule has 0 aromatic heterocycles. The van der Waals surface area contributed by atoms with Crippen molar-refractivity contribution in [3.05, 3.63) is 0 Å². The topological polar surface area (TPSA) is 26.7 Å². The summed E-state index contributed by atoms with van der Waals surface area (Å²) in [5, 5.41) is 9.57. The Morgan fingerprint density at radius 2 is 1.93 bits per heavy atom. The molecule has 1 heterocycles. The number of likely N-dealkylation sites (N-methyl/N-ethyl adjacent to an activating group) is 1. The molecule has 4 unspecified atom stereocenters. The molecule has 1 saturated heterocycles. The van der Waals surface area contributed by atoms with Crippen LogP contribution in [0.15, 0.2) is 0 Å². The lowest BCUT2D eigenvalue weighted by Crippen LogP contribution is -2.46. The quantitative estimate of drug-likeness (QED) is 0.729. The van der Waals surface area contributed by atoms with E-state index in [1.54, 1.807) is 0 Å². The highest BCUT2D eigenvalue weighted by atomic mass is 16.3. The molecule has 1 N–H and O–H groups in total. The van der Waals surface area contributed by atoms with Crippen LogP contribution in [0.25, 0.3) is 0 Å². The van der Waals surface area contributed by atoms with E-state index in [9.17, 15) is 5.11 Å². The smallest absolute Gasteiger partial charge is 0.0664 e. The minimum Gasteiger partial charge on any atom is -0.392 e. The van der Waals surface area contributed by atoms with Gasteiger partial charge in [-0.05, 0) is 41.3 Å². The highest BCUT2D eigenvalue weighted by molar-refractivity contribution is 4.92. The molecular formula is C11H24N2O. The summed E-state index contributed by atoms with van der Waals surface area (Å²) in [6, 6.07) is 1.46. The van der Waals surface area contributed by atoms with E-state index in [2.05, 4.69) is 37.7 Å². The van der Waals surface area contributed by atoms with Crippen LogP contribution in [0.1, 0.15) is 27.2 Å². The van der Waals surface area contributed by atoms with Crippen molar-refractivity contribution in [1.29, 1.82) is 0 Å². The summed E-state index contributed by atoms with van der Waals surface area (Å²) in [4.78, 5) is 4.70. The fourth-order valence-corrected chi connectivity index (χ4v) is 2.49. The number of likely N-dealkylation sites (tertiary alicyclic amines) is 1. The maximum absolute atomic E-state index is 9.57. The Kier molecular flexibility index (Phi) is 3.93. The van der Waals surface area contributed by atoms with Gasteiger partial charge in [0.15, 0.2) is 0 Å². The van der Waals surface area contributed by atoms with E-state index in [1.165, 1.54) is 6.42 Å². The molecule has 1 aliphatic rings. The third kappa shape index (κ3) is 2.27. The van der Waals surface area contributed by atoms with Crippen LogP contribution in [0.2, 0.25) is 0 Å². The van der Waals surface area contributed by atoms with Crippen molar-refractivity contribution in [3.63, 3.8) is 0 Å². The van der Waals surface area contributed by atoms with Gasteiger partial charge in [-0.3, -0.25) is 4.90 Å². The molecule has 4 atom stereocenters. The summed E-state index contributed by atoms with van der Waals surface area (Å²) in [5.41, 5.74) is 0. The minimum atomic E-state index is -0.238. The summed E-state index contributed by atoms with van der Waals surface area (Å²) in [6.45, 7) is 7.35. The van der Waals surface area contributed by atoms with E-state index in [0.29, 0.717) is 12.1 Å². The number of hydrogen-bond donors (Lipinski definition) is 1. The molecule has 0 amide bonds. The second-order valence-electron chi connectivity index (χ2n) is 4.78. The molecule has 0 spiro atoms. The normalized spacial score (nSPS) is 33.6. The van der Waals surface area contributed by atoms with Gasteiger partial charge in [-0.1, -0.05) is 0 Å². The first-order chi connectivity index (χ1) is 6.45.